The summed E-state index contributed by atoms with van der Waals surface area (Å²) in [4.78, 5) is 12.9. The number of aromatic nitrogens is 1. The number of benzene rings is 1. The van der Waals surface area contributed by atoms with Crippen LogP contribution in [0.5, 0.6) is 0 Å². The zero-order valence-corrected chi connectivity index (χ0v) is 11.1. The molecule has 0 bridgehead atoms. The molecule has 0 spiro atoms. The second-order valence-corrected chi connectivity index (χ2v) is 5.19. The molecule has 18 heavy (non-hydrogen) atoms. The van der Waals surface area contributed by atoms with Crippen molar-refractivity contribution in [2.75, 3.05) is 6.61 Å². The van der Waals surface area contributed by atoms with Crippen LogP contribution in [0.15, 0.2) is 30.5 Å². The van der Waals surface area contributed by atoms with E-state index < -0.39 is 0 Å². The molecule has 4 heteroatoms. The van der Waals surface area contributed by atoms with Crippen molar-refractivity contribution >= 4 is 37.7 Å². The Labute approximate surface area is 109 Å². The van der Waals surface area contributed by atoms with E-state index in [1.807, 2.05) is 32.2 Å². The van der Waals surface area contributed by atoms with E-state index >= 15 is 0 Å². The lowest BCUT2D eigenvalue weighted by Crippen LogP contribution is -2.11. The van der Waals surface area contributed by atoms with Gasteiger partial charge in [-0.3, -0.25) is 0 Å². The van der Waals surface area contributed by atoms with Gasteiger partial charge in [0.15, 0.2) is 0 Å². The first kappa shape index (κ1) is 11.3. The van der Waals surface area contributed by atoms with Crippen LogP contribution in [-0.2, 0) is 4.74 Å². The predicted molar refractivity (Wildman–Crippen MR) is 74.5 cm³/mol. The highest BCUT2D eigenvalue weighted by molar-refractivity contribution is 7.25. The summed E-state index contributed by atoms with van der Waals surface area (Å²) in [5.74, 6) is 0. The summed E-state index contributed by atoms with van der Waals surface area (Å²) in [7, 11) is 0. The van der Waals surface area contributed by atoms with Crippen molar-refractivity contribution in [3.8, 4) is 0 Å². The SMILES string of the molecule is CCOC(=O)n1cc(C)c2c3ccccc3sc21. The van der Waals surface area contributed by atoms with Gasteiger partial charge in [0, 0.05) is 21.7 Å². The number of ether oxygens (including phenoxy) is 1. The number of nitrogens with zero attached hydrogens (tertiary/aromatic N) is 1. The summed E-state index contributed by atoms with van der Waals surface area (Å²) in [6.45, 7) is 4.23. The number of thiophene rings is 1. The number of rotatable bonds is 1. The van der Waals surface area contributed by atoms with Gasteiger partial charge in [0.2, 0.25) is 0 Å². The van der Waals surface area contributed by atoms with Crippen LogP contribution in [0.1, 0.15) is 12.5 Å². The molecule has 0 saturated carbocycles. The molecule has 3 aromatic rings. The maximum atomic E-state index is 11.9. The fourth-order valence-corrected chi connectivity index (χ4v) is 3.46. The maximum absolute atomic E-state index is 11.9. The number of hydrogen-bond acceptors (Lipinski definition) is 3. The van der Waals surface area contributed by atoms with Gasteiger partial charge in [-0.15, -0.1) is 11.3 Å². The molecular weight excluding hydrogens is 246 g/mol. The smallest absolute Gasteiger partial charge is 0.419 e. The van der Waals surface area contributed by atoms with Crippen LogP contribution in [0.3, 0.4) is 0 Å². The normalized spacial score (nSPS) is 11.2. The molecule has 2 heterocycles. The first-order valence-electron chi connectivity index (χ1n) is 5.88. The van der Waals surface area contributed by atoms with Crippen molar-refractivity contribution in [2.24, 2.45) is 0 Å². The highest BCUT2D eigenvalue weighted by atomic mass is 32.1. The first-order valence-corrected chi connectivity index (χ1v) is 6.70. The average molecular weight is 259 g/mol. The molecule has 0 fully saturated rings. The minimum atomic E-state index is -0.304. The van der Waals surface area contributed by atoms with E-state index in [2.05, 4.69) is 12.1 Å². The van der Waals surface area contributed by atoms with Crippen LogP contribution in [0, 0.1) is 6.92 Å². The van der Waals surface area contributed by atoms with Gasteiger partial charge >= 0.3 is 6.09 Å². The number of carbonyl (C=O) groups is 1. The third-order valence-electron chi connectivity index (χ3n) is 2.98. The van der Waals surface area contributed by atoms with E-state index in [4.69, 9.17) is 4.74 Å². The van der Waals surface area contributed by atoms with Gasteiger partial charge in [-0.2, -0.15) is 0 Å². The van der Waals surface area contributed by atoms with E-state index in [9.17, 15) is 4.79 Å². The van der Waals surface area contributed by atoms with Crippen molar-refractivity contribution in [3.05, 3.63) is 36.0 Å². The van der Waals surface area contributed by atoms with E-state index in [0.29, 0.717) is 6.61 Å². The van der Waals surface area contributed by atoms with Crippen molar-refractivity contribution in [1.29, 1.82) is 0 Å². The molecule has 0 saturated heterocycles. The summed E-state index contributed by atoms with van der Waals surface area (Å²) < 4.78 is 7.88. The Morgan fingerprint density at radius 1 is 1.39 bits per heavy atom. The molecule has 0 atom stereocenters. The minimum absolute atomic E-state index is 0.304. The topological polar surface area (TPSA) is 31.2 Å². The van der Waals surface area contributed by atoms with Crippen LogP contribution < -0.4 is 0 Å². The molecule has 0 aliphatic rings. The van der Waals surface area contributed by atoms with Crippen LogP contribution in [0.2, 0.25) is 0 Å². The second-order valence-electron chi connectivity index (χ2n) is 4.16. The summed E-state index contributed by atoms with van der Waals surface area (Å²) >= 11 is 1.63. The quantitative estimate of drug-likeness (QED) is 0.656. The summed E-state index contributed by atoms with van der Waals surface area (Å²) in [6, 6.07) is 8.21. The summed E-state index contributed by atoms with van der Waals surface area (Å²) in [5, 5.41) is 2.36. The largest absolute Gasteiger partial charge is 0.449 e. The summed E-state index contributed by atoms with van der Waals surface area (Å²) in [6.07, 6.45) is 1.55. The van der Waals surface area contributed by atoms with Gasteiger partial charge in [0.25, 0.3) is 0 Å². The molecule has 0 aliphatic heterocycles. The van der Waals surface area contributed by atoms with Crippen molar-refractivity contribution < 1.29 is 9.53 Å². The Hall–Kier alpha value is -1.81. The Kier molecular flexibility index (Phi) is 2.59. The molecule has 1 aromatic carbocycles. The van der Waals surface area contributed by atoms with Gasteiger partial charge in [0.1, 0.15) is 4.83 Å². The van der Waals surface area contributed by atoms with E-state index in [0.717, 1.165) is 15.8 Å². The lowest BCUT2D eigenvalue weighted by atomic mass is 10.2. The van der Waals surface area contributed by atoms with Crippen molar-refractivity contribution in [1.82, 2.24) is 4.57 Å². The standard InChI is InChI=1S/C14H13NO2S/c1-3-17-14(16)15-8-9(2)12-10-6-4-5-7-11(10)18-13(12)15/h4-8H,3H2,1-2H3. The van der Waals surface area contributed by atoms with Crippen LogP contribution >= 0.6 is 11.3 Å². The molecular formula is C14H13NO2S. The highest BCUT2D eigenvalue weighted by Crippen LogP contribution is 2.36. The fraction of sp³-hybridized carbons (Fsp3) is 0.214. The lowest BCUT2D eigenvalue weighted by molar-refractivity contribution is 0.155. The van der Waals surface area contributed by atoms with E-state index in [1.165, 1.54) is 10.1 Å². The van der Waals surface area contributed by atoms with E-state index in [1.54, 1.807) is 15.9 Å². The fourth-order valence-electron chi connectivity index (χ4n) is 2.23. The molecule has 0 radical (unpaired) electrons. The number of fused-ring (bicyclic) bond motifs is 3. The molecule has 92 valence electrons. The van der Waals surface area contributed by atoms with Gasteiger partial charge in [-0.1, -0.05) is 18.2 Å². The molecule has 0 unspecified atom stereocenters. The van der Waals surface area contributed by atoms with Gasteiger partial charge in [0.05, 0.1) is 6.61 Å². The van der Waals surface area contributed by atoms with Gasteiger partial charge < -0.3 is 4.74 Å². The molecule has 0 amide bonds. The monoisotopic (exact) mass is 259 g/mol. The maximum Gasteiger partial charge on any atom is 0.419 e. The van der Waals surface area contributed by atoms with Crippen LogP contribution in [-0.4, -0.2) is 17.3 Å². The van der Waals surface area contributed by atoms with Gasteiger partial charge in [-0.05, 0) is 25.5 Å². The van der Waals surface area contributed by atoms with Crippen molar-refractivity contribution in [3.63, 3.8) is 0 Å². The minimum Gasteiger partial charge on any atom is -0.449 e. The third kappa shape index (κ3) is 1.53. The third-order valence-corrected chi connectivity index (χ3v) is 4.15. The van der Waals surface area contributed by atoms with Crippen LogP contribution in [0.25, 0.3) is 20.3 Å². The second kappa shape index (κ2) is 4.14. The zero-order chi connectivity index (χ0) is 12.7. The number of carbonyl (C=O) groups excluding carboxylic acids is 1. The van der Waals surface area contributed by atoms with Crippen molar-refractivity contribution in [2.45, 2.75) is 13.8 Å². The number of hydrogen-bond donors (Lipinski definition) is 0. The molecule has 2 aromatic heterocycles. The first-order chi connectivity index (χ1) is 8.72. The highest BCUT2D eigenvalue weighted by Gasteiger charge is 2.16. The Morgan fingerprint density at radius 2 is 2.17 bits per heavy atom. The Morgan fingerprint density at radius 3 is 2.94 bits per heavy atom. The number of aryl methyl sites for hydroxylation is 1. The van der Waals surface area contributed by atoms with Gasteiger partial charge in [-0.25, -0.2) is 9.36 Å². The predicted octanol–water partition coefficient (Wildman–Crippen LogP) is 4.17. The Balaban J connectivity index is 2.32. The lowest BCUT2D eigenvalue weighted by Gasteiger charge is -2.01. The molecule has 0 aliphatic carbocycles. The molecule has 3 rings (SSSR count). The molecule has 0 N–H and O–H groups in total. The van der Waals surface area contributed by atoms with Crippen LogP contribution in [0.4, 0.5) is 4.79 Å². The zero-order valence-electron chi connectivity index (χ0n) is 10.3. The molecule has 3 nitrogen and oxygen atoms in total. The summed E-state index contributed by atoms with van der Waals surface area (Å²) in [5.41, 5.74) is 1.11. The average Bonchev–Trinajstić information content (AvgIpc) is 2.88. The Bertz CT molecular complexity index is 739. The van der Waals surface area contributed by atoms with E-state index in [-0.39, 0.29) is 6.09 Å².